The lowest BCUT2D eigenvalue weighted by Crippen LogP contribution is -2.61. The van der Waals surface area contributed by atoms with Crippen molar-refractivity contribution < 1.29 is 58.8 Å². The number of fused-ring (bicyclic) bond motifs is 1. The molecule has 1 aromatic heterocycles. The Hall–Kier alpha value is -6.37. The van der Waals surface area contributed by atoms with Gasteiger partial charge >= 0.3 is 11.9 Å². The van der Waals surface area contributed by atoms with E-state index in [0.29, 0.717) is 12.0 Å². The summed E-state index contributed by atoms with van der Waals surface area (Å²) in [6.45, 7) is 3.57. The van der Waals surface area contributed by atoms with Crippen LogP contribution in [0.15, 0.2) is 35.5 Å². The van der Waals surface area contributed by atoms with Gasteiger partial charge in [0.1, 0.15) is 42.3 Å². The van der Waals surface area contributed by atoms with Gasteiger partial charge < -0.3 is 80.2 Å². The Labute approximate surface area is 363 Å². The number of aliphatic imine (C=N–C) groups is 1. The quantitative estimate of drug-likeness (QED) is 0.0218. The van der Waals surface area contributed by atoms with Crippen LogP contribution in [0, 0.1) is 5.92 Å². The molecule has 0 spiro atoms. The number of H-pyrrole nitrogens is 1. The number of benzene rings is 1. The Morgan fingerprint density at radius 1 is 0.714 bits per heavy atom. The summed E-state index contributed by atoms with van der Waals surface area (Å²) < 4.78 is 0. The minimum atomic E-state index is -1.79. The summed E-state index contributed by atoms with van der Waals surface area (Å²) in [6, 6.07) is -3.47. The molecule has 0 unspecified atom stereocenters. The highest BCUT2D eigenvalue weighted by Gasteiger charge is 2.35. The summed E-state index contributed by atoms with van der Waals surface area (Å²) >= 11 is 0. The van der Waals surface area contributed by atoms with Crippen molar-refractivity contribution in [2.75, 3.05) is 19.7 Å². The van der Waals surface area contributed by atoms with Crippen molar-refractivity contribution in [3.8, 4) is 0 Å². The van der Waals surface area contributed by atoms with Crippen LogP contribution in [0.3, 0.4) is 0 Å². The summed E-state index contributed by atoms with van der Waals surface area (Å²) in [4.78, 5) is 111. The van der Waals surface area contributed by atoms with Crippen molar-refractivity contribution >= 4 is 64.2 Å². The van der Waals surface area contributed by atoms with Crippen LogP contribution in [0.5, 0.6) is 0 Å². The van der Waals surface area contributed by atoms with Crippen molar-refractivity contribution in [2.45, 2.75) is 114 Å². The van der Waals surface area contributed by atoms with Crippen LogP contribution in [0.1, 0.15) is 64.9 Å². The molecule has 6 amide bonds. The van der Waals surface area contributed by atoms with Gasteiger partial charge in [-0.3, -0.25) is 38.6 Å². The SMILES string of the molecule is CC(C)[C@H](NC(=O)[C@@H](N)[C@@H](C)O)C(=O)N[C@@H](CC(=O)O)C(=O)N[C@@H](CCCCN)C(=O)N[C@@H](CO)C(=O)N[C@@H](CCCN=C(N)N)C(=O)N[C@@H](Cc1c[nH]c2ccccc12)C(=O)O. The van der Waals surface area contributed by atoms with Crippen LogP contribution >= 0.6 is 0 Å². The first kappa shape index (κ1) is 52.8. The maximum atomic E-state index is 13.7. The van der Waals surface area contributed by atoms with Gasteiger partial charge in [0, 0.05) is 30.1 Å². The van der Waals surface area contributed by atoms with Crippen LogP contribution in [0.4, 0.5) is 0 Å². The maximum Gasteiger partial charge on any atom is 0.326 e. The third-order valence-electron chi connectivity index (χ3n) is 9.77. The molecular formula is C39H62N12O12. The number of guanidine groups is 1. The van der Waals surface area contributed by atoms with Gasteiger partial charge in [0.05, 0.1) is 19.1 Å². The molecule has 1 aromatic carbocycles. The lowest BCUT2D eigenvalue weighted by atomic mass is 10.0. The fraction of sp³-hybridized carbons (Fsp3) is 0.564. The third kappa shape index (κ3) is 17.5. The van der Waals surface area contributed by atoms with Crippen molar-refractivity contribution in [3.63, 3.8) is 0 Å². The summed E-state index contributed by atoms with van der Waals surface area (Å²) in [6.07, 6.45) is -0.231. The van der Waals surface area contributed by atoms with Gasteiger partial charge in [0.2, 0.25) is 35.4 Å². The largest absolute Gasteiger partial charge is 0.481 e. The predicted octanol–water partition coefficient (Wildman–Crippen LogP) is -4.28. The Kier molecular flexibility index (Phi) is 21.9. The van der Waals surface area contributed by atoms with Gasteiger partial charge in [-0.05, 0) is 63.1 Å². The van der Waals surface area contributed by atoms with E-state index in [4.69, 9.17) is 22.9 Å². The number of aliphatic carboxylic acids is 2. The normalized spacial score (nSPS) is 15.0. The van der Waals surface area contributed by atoms with E-state index in [2.05, 4.69) is 41.9 Å². The van der Waals surface area contributed by atoms with E-state index in [-0.39, 0.29) is 51.2 Å². The van der Waals surface area contributed by atoms with Crippen LogP contribution in [-0.4, -0.2) is 147 Å². The molecule has 0 aliphatic carbocycles. The summed E-state index contributed by atoms with van der Waals surface area (Å²) in [5, 5.41) is 54.5. The zero-order chi connectivity index (χ0) is 47.4. The Bertz CT molecular complexity index is 1920. The zero-order valence-electron chi connectivity index (χ0n) is 35.5. The fourth-order valence-corrected chi connectivity index (χ4v) is 6.19. The van der Waals surface area contributed by atoms with Crippen LogP contribution in [-0.2, 0) is 44.8 Å². The second-order valence-corrected chi connectivity index (χ2v) is 15.2. The molecule has 63 heavy (non-hydrogen) atoms. The Morgan fingerprint density at radius 3 is 1.79 bits per heavy atom. The lowest BCUT2D eigenvalue weighted by Gasteiger charge is -2.28. The van der Waals surface area contributed by atoms with E-state index in [9.17, 15) is 58.8 Å². The molecule has 0 aliphatic heterocycles. The van der Waals surface area contributed by atoms with E-state index >= 15 is 0 Å². The highest BCUT2D eigenvalue weighted by Crippen LogP contribution is 2.19. The average Bonchev–Trinajstić information content (AvgIpc) is 3.63. The van der Waals surface area contributed by atoms with Gasteiger partial charge in [-0.15, -0.1) is 0 Å². The molecular weight excluding hydrogens is 829 g/mol. The monoisotopic (exact) mass is 890 g/mol. The average molecular weight is 891 g/mol. The number of carboxylic acid groups (broad SMARTS) is 2. The van der Waals surface area contributed by atoms with Gasteiger partial charge in [-0.25, -0.2) is 4.79 Å². The number of carboxylic acids is 2. The number of nitrogens with two attached hydrogens (primary N) is 4. The number of nitrogens with zero attached hydrogens (tertiary/aromatic N) is 1. The van der Waals surface area contributed by atoms with Gasteiger partial charge in [-0.2, -0.15) is 0 Å². The molecule has 0 fully saturated rings. The molecule has 0 radical (unpaired) electrons. The van der Waals surface area contributed by atoms with Crippen molar-refractivity contribution in [2.24, 2.45) is 33.8 Å². The second kappa shape index (κ2) is 26.2. The molecule has 24 heteroatoms. The second-order valence-electron chi connectivity index (χ2n) is 15.2. The molecule has 0 aliphatic rings. The van der Waals surface area contributed by atoms with Gasteiger partial charge in [0.15, 0.2) is 5.96 Å². The smallest absolute Gasteiger partial charge is 0.326 e. The molecule has 0 saturated carbocycles. The molecule has 19 N–H and O–H groups in total. The number of rotatable bonds is 28. The number of aliphatic hydroxyl groups is 2. The fourth-order valence-electron chi connectivity index (χ4n) is 6.19. The minimum absolute atomic E-state index is 0.0251. The number of hydrogen-bond acceptors (Lipinski definition) is 13. The minimum Gasteiger partial charge on any atom is -0.481 e. The number of aliphatic hydroxyl groups excluding tert-OH is 2. The van der Waals surface area contributed by atoms with Gasteiger partial charge in [0.25, 0.3) is 0 Å². The van der Waals surface area contributed by atoms with E-state index < -0.39 is 115 Å². The number of amides is 6. The predicted molar refractivity (Wildman–Crippen MR) is 228 cm³/mol. The number of hydrogen-bond donors (Lipinski definition) is 15. The number of unbranched alkanes of at least 4 members (excludes halogenated alkanes) is 1. The summed E-state index contributed by atoms with van der Waals surface area (Å²) in [5.74, 6) is -9.71. The molecule has 2 rings (SSSR count). The maximum absolute atomic E-state index is 13.7. The lowest BCUT2D eigenvalue weighted by molar-refractivity contribution is -0.142. The Morgan fingerprint density at radius 2 is 1.25 bits per heavy atom. The van der Waals surface area contributed by atoms with Crippen molar-refractivity contribution in [3.05, 3.63) is 36.0 Å². The van der Waals surface area contributed by atoms with Crippen LogP contribution in [0.25, 0.3) is 10.9 Å². The molecule has 0 bridgehead atoms. The third-order valence-corrected chi connectivity index (χ3v) is 9.77. The number of aromatic nitrogens is 1. The number of para-hydroxylation sites is 1. The zero-order valence-corrected chi connectivity index (χ0v) is 35.5. The molecule has 24 nitrogen and oxygen atoms in total. The van der Waals surface area contributed by atoms with Crippen molar-refractivity contribution in [1.82, 2.24) is 36.9 Å². The standard InChI is InChI=1S/C39H62N12O12/c1-19(2)31(51-36(60)30(41)20(3)53)37(61)48-26(16-29(54)55)34(58)46-24(11-6-7-13-40)33(57)50-28(18-52)35(59)47-25(12-8-14-44-39(42)43)32(56)49-27(38(62)63)15-21-17-45-23-10-5-4-9-22(21)23/h4-5,9-10,17,19-20,24-28,30-31,45,52-53H,6-8,11-16,18,40-41H2,1-3H3,(H,46,58)(H,47,59)(H,48,61)(H,49,56)(H,50,57)(H,51,60)(H,54,55)(H,62,63)(H4,42,43,44)/t20-,24+,25+,26+,27+,28+,30+,31+/m1/s1. The summed E-state index contributed by atoms with van der Waals surface area (Å²) in [5.41, 5.74) is 23.5. The summed E-state index contributed by atoms with van der Waals surface area (Å²) in [7, 11) is 0. The molecule has 0 saturated heterocycles. The highest BCUT2D eigenvalue weighted by atomic mass is 16.4. The number of carbonyl (C=O) groups excluding carboxylic acids is 6. The first-order valence-electron chi connectivity index (χ1n) is 20.3. The van der Waals surface area contributed by atoms with Gasteiger partial charge in [-0.1, -0.05) is 32.0 Å². The van der Waals surface area contributed by atoms with Crippen LogP contribution in [0.2, 0.25) is 0 Å². The van der Waals surface area contributed by atoms with E-state index in [1.807, 2.05) is 0 Å². The molecule has 350 valence electrons. The first-order chi connectivity index (χ1) is 29.7. The van der Waals surface area contributed by atoms with Crippen molar-refractivity contribution in [1.29, 1.82) is 0 Å². The molecule has 2 aromatic rings. The van der Waals surface area contributed by atoms with E-state index in [1.165, 1.54) is 6.92 Å². The Balaban J connectivity index is 2.30. The van der Waals surface area contributed by atoms with Crippen LogP contribution < -0.4 is 54.8 Å². The number of nitrogens with one attached hydrogen (secondary N) is 7. The highest BCUT2D eigenvalue weighted by molar-refractivity contribution is 5.98. The van der Waals surface area contributed by atoms with E-state index in [0.717, 1.165) is 10.9 Å². The number of aromatic amines is 1. The molecule has 8 atom stereocenters. The number of carbonyl (C=O) groups is 8. The molecule has 1 heterocycles. The first-order valence-corrected chi connectivity index (χ1v) is 20.3. The topological polar surface area (TPSA) is 422 Å². The van der Waals surface area contributed by atoms with E-state index in [1.54, 1.807) is 44.3 Å².